The monoisotopic (exact) mass is 464 g/mol. The van der Waals surface area contributed by atoms with Gasteiger partial charge >= 0.3 is 0 Å². The molecule has 1 aliphatic carbocycles. The Balaban J connectivity index is 1.11. The van der Waals surface area contributed by atoms with Gasteiger partial charge in [-0.15, -0.1) is 0 Å². The van der Waals surface area contributed by atoms with Crippen molar-refractivity contribution in [1.29, 1.82) is 0 Å². The van der Waals surface area contributed by atoms with Crippen LogP contribution < -0.4 is 14.8 Å². The zero-order valence-electron chi connectivity index (χ0n) is 19.3. The molecule has 1 aromatic heterocycles. The van der Waals surface area contributed by atoms with E-state index in [9.17, 15) is 9.18 Å². The molecular formula is C27H29FN2O4. The smallest absolute Gasteiger partial charge is 0.227 e. The topological polar surface area (TPSA) is 73.6 Å². The van der Waals surface area contributed by atoms with E-state index in [1.54, 1.807) is 18.2 Å². The van der Waals surface area contributed by atoms with Crippen molar-refractivity contribution in [3.05, 3.63) is 76.9 Å². The highest BCUT2D eigenvalue weighted by Gasteiger charge is 2.26. The fourth-order valence-corrected chi connectivity index (χ4v) is 4.85. The third-order valence-corrected chi connectivity index (χ3v) is 6.58. The second kappa shape index (κ2) is 9.87. The van der Waals surface area contributed by atoms with Gasteiger partial charge in [-0.25, -0.2) is 4.39 Å². The first-order valence-corrected chi connectivity index (χ1v) is 12.0. The Morgan fingerprint density at radius 2 is 1.94 bits per heavy atom. The number of benzene rings is 2. The van der Waals surface area contributed by atoms with Crippen molar-refractivity contribution in [1.82, 2.24) is 10.5 Å². The number of aromatic nitrogens is 1. The third kappa shape index (κ3) is 5.24. The molecule has 0 spiro atoms. The number of halogens is 1. The molecule has 2 aliphatic rings. The van der Waals surface area contributed by atoms with E-state index in [0.717, 1.165) is 61.3 Å². The number of rotatable bonds is 6. The molecule has 178 valence electrons. The number of carbonyl (C=O) groups is 1. The van der Waals surface area contributed by atoms with E-state index in [2.05, 4.69) is 10.5 Å². The fourth-order valence-electron chi connectivity index (χ4n) is 4.85. The molecule has 1 N–H and O–H groups in total. The van der Waals surface area contributed by atoms with Gasteiger partial charge in [0, 0.05) is 17.7 Å². The van der Waals surface area contributed by atoms with Crippen molar-refractivity contribution >= 4 is 5.91 Å². The molecule has 0 bridgehead atoms. The largest absolute Gasteiger partial charge is 0.490 e. The van der Waals surface area contributed by atoms with Gasteiger partial charge in [-0.1, -0.05) is 23.4 Å². The van der Waals surface area contributed by atoms with E-state index >= 15 is 0 Å². The lowest BCUT2D eigenvalue weighted by Crippen LogP contribution is -2.40. The summed E-state index contributed by atoms with van der Waals surface area (Å²) < 4.78 is 31.6. The number of carbonyl (C=O) groups excluding carboxylic acids is 1. The Kier molecular flexibility index (Phi) is 6.52. The lowest BCUT2D eigenvalue weighted by Gasteiger charge is -2.30. The molecule has 5 rings (SSSR count). The SMILES string of the molecule is Cc1cc(CC(=O)N[C@H]2CC[C@H](Oc3ccc4c(c3)CCC(c3ccccc3F)O4)CC2)on1. The van der Waals surface area contributed by atoms with Crippen LogP contribution in [0.3, 0.4) is 0 Å². The fraction of sp³-hybridized carbons (Fsp3) is 0.407. The van der Waals surface area contributed by atoms with Crippen LogP contribution in [0.4, 0.5) is 4.39 Å². The van der Waals surface area contributed by atoms with Crippen molar-refractivity contribution in [2.75, 3.05) is 0 Å². The van der Waals surface area contributed by atoms with Crippen LogP contribution in [0.15, 0.2) is 53.1 Å². The van der Waals surface area contributed by atoms with Gasteiger partial charge in [-0.2, -0.15) is 0 Å². The second-order valence-corrected chi connectivity index (χ2v) is 9.21. The van der Waals surface area contributed by atoms with Crippen molar-refractivity contribution in [2.24, 2.45) is 0 Å². The van der Waals surface area contributed by atoms with Crippen molar-refractivity contribution in [3.63, 3.8) is 0 Å². The zero-order chi connectivity index (χ0) is 23.5. The van der Waals surface area contributed by atoms with Crippen LogP contribution in [0.25, 0.3) is 0 Å². The van der Waals surface area contributed by atoms with Gasteiger partial charge in [0.15, 0.2) is 0 Å². The van der Waals surface area contributed by atoms with Gasteiger partial charge in [0.2, 0.25) is 5.91 Å². The first-order valence-electron chi connectivity index (χ1n) is 12.0. The maximum atomic E-state index is 14.1. The number of fused-ring (bicyclic) bond motifs is 1. The molecular weight excluding hydrogens is 435 g/mol. The molecule has 1 unspecified atom stereocenters. The molecule has 0 radical (unpaired) electrons. The standard InChI is InChI=1S/C27H29FN2O4/c1-17-14-22(34-30-17)16-27(31)29-19-7-9-20(10-8-19)32-21-11-13-25-18(15-21)6-12-26(33-25)23-4-2-3-5-24(23)28/h2-5,11,13-15,19-20,26H,6-10,12,16H2,1H3,(H,29,31)/t19-,20-,26?. The minimum atomic E-state index is -0.265. The lowest BCUT2D eigenvalue weighted by molar-refractivity contribution is -0.121. The van der Waals surface area contributed by atoms with Gasteiger partial charge in [0.05, 0.1) is 18.2 Å². The molecule has 1 aliphatic heterocycles. The summed E-state index contributed by atoms with van der Waals surface area (Å²) in [6, 6.07) is 14.6. The van der Waals surface area contributed by atoms with Gasteiger partial charge in [-0.05, 0) is 75.3 Å². The maximum Gasteiger partial charge on any atom is 0.227 e. The minimum absolute atomic E-state index is 0.0381. The minimum Gasteiger partial charge on any atom is -0.490 e. The molecule has 2 aromatic carbocycles. The summed E-state index contributed by atoms with van der Waals surface area (Å²) in [5.41, 5.74) is 2.47. The quantitative estimate of drug-likeness (QED) is 0.540. The normalized spacial score (nSPS) is 21.9. The summed E-state index contributed by atoms with van der Waals surface area (Å²) in [6.45, 7) is 1.84. The van der Waals surface area contributed by atoms with Crippen LogP contribution in [0.1, 0.15) is 60.8 Å². The summed E-state index contributed by atoms with van der Waals surface area (Å²) >= 11 is 0. The summed E-state index contributed by atoms with van der Waals surface area (Å²) in [7, 11) is 0. The molecule has 1 saturated carbocycles. The van der Waals surface area contributed by atoms with Crippen LogP contribution in [0.5, 0.6) is 11.5 Å². The first kappa shape index (κ1) is 22.4. The Bertz CT molecular complexity index is 1150. The van der Waals surface area contributed by atoms with E-state index in [1.807, 2.05) is 31.2 Å². The van der Waals surface area contributed by atoms with E-state index in [1.165, 1.54) is 6.07 Å². The van der Waals surface area contributed by atoms with E-state index < -0.39 is 0 Å². The molecule has 0 saturated heterocycles. The highest BCUT2D eigenvalue weighted by molar-refractivity contribution is 5.78. The second-order valence-electron chi connectivity index (χ2n) is 9.21. The number of amides is 1. The van der Waals surface area contributed by atoms with Crippen LogP contribution in [0, 0.1) is 12.7 Å². The van der Waals surface area contributed by atoms with Gasteiger partial charge in [0.25, 0.3) is 0 Å². The molecule has 6 nitrogen and oxygen atoms in total. The highest BCUT2D eigenvalue weighted by Crippen LogP contribution is 2.38. The summed E-state index contributed by atoms with van der Waals surface area (Å²) in [5.74, 6) is 1.95. The predicted molar refractivity (Wildman–Crippen MR) is 124 cm³/mol. The third-order valence-electron chi connectivity index (χ3n) is 6.58. The van der Waals surface area contributed by atoms with Crippen LogP contribution >= 0.6 is 0 Å². The van der Waals surface area contributed by atoms with Gasteiger partial charge in [0.1, 0.15) is 29.2 Å². The highest BCUT2D eigenvalue weighted by atomic mass is 19.1. The number of nitrogens with zero attached hydrogens (tertiary/aromatic N) is 1. The van der Waals surface area contributed by atoms with E-state index in [0.29, 0.717) is 11.3 Å². The van der Waals surface area contributed by atoms with Crippen LogP contribution in [-0.2, 0) is 17.6 Å². The number of hydrogen-bond acceptors (Lipinski definition) is 5. The average Bonchev–Trinajstić information content (AvgIpc) is 3.24. The van der Waals surface area contributed by atoms with Gasteiger partial charge < -0.3 is 19.3 Å². The summed E-state index contributed by atoms with van der Waals surface area (Å²) in [4.78, 5) is 12.3. The number of aryl methyl sites for hydroxylation is 2. The molecule has 34 heavy (non-hydrogen) atoms. The number of nitrogens with one attached hydrogen (secondary N) is 1. The molecule has 3 aromatic rings. The summed E-state index contributed by atoms with van der Waals surface area (Å²) in [5, 5.41) is 6.92. The Morgan fingerprint density at radius 1 is 1.12 bits per heavy atom. The lowest BCUT2D eigenvalue weighted by atomic mass is 9.92. The molecule has 1 amide bonds. The zero-order valence-corrected chi connectivity index (χ0v) is 19.3. The van der Waals surface area contributed by atoms with E-state index in [4.69, 9.17) is 14.0 Å². The Morgan fingerprint density at radius 3 is 2.71 bits per heavy atom. The average molecular weight is 465 g/mol. The number of hydrogen-bond donors (Lipinski definition) is 1. The van der Waals surface area contributed by atoms with Crippen LogP contribution in [0.2, 0.25) is 0 Å². The van der Waals surface area contributed by atoms with Crippen molar-refractivity contribution < 1.29 is 23.2 Å². The number of ether oxygens (including phenoxy) is 2. The first-order chi connectivity index (χ1) is 16.5. The summed E-state index contributed by atoms with van der Waals surface area (Å²) in [6.07, 6.45) is 5.15. The molecule has 1 fully saturated rings. The van der Waals surface area contributed by atoms with Crippen LogP contribution in [-0.4, -0.2) is 23.2 Å². The van der Waals surface area contributed by atoms with E-state index in [-0.39, 0.29) is 36.4 Å². The maximum absolute atomic E-state index is 14.1. The van der Waals surface area contributed by atoms with Crippen molar-refractivity contribution in [3.8, 4) is 11.5 Å². The van der Waals surface area contributed by atoms with Gasteiger partial charge in [-0.3, -0.25) is 4.79 Å². The Hall–Kier alpha value is -3.35. The molecule has 2 heterocycles. The predicted octanol–water partition coefficient (Wildman–Crippen LogP) is 5.24. The Labute approximate surface area is 198 Å². The van der Waals surface area contributed by atoms with Crippen molar-refractivity contribution in [2.45, 2.75) is 70.1 Å². The molecule has 1 atom stereocenters. The molecule has 7 heteroatoms.